The van der Waals surface area contributed by atoms with Crippen molar-refractivity contribution in [2.24, 2.45) is 0 Å². The largest absolute Gasteiger partial charge is 0.365 e. The smallest absolute Gasteiger partial charge is 0.129 e. The van der Waals surface area contributed by atoms with Gasteiger partial charge in [0.15, 0.2) is 0 Å². The van der Waals surface area contributed by atoms with Crippen molar-refractivity contribution in [3.05, 3.63) is 101 Å². The number of ether oxygens (including phenoxy) is 1. The summed E-state index contributed by atoms with van der Waals surface area (Å²) in [7, 11) is 0. The molecule has 1 aromatic heterocycles. The van der Waals surface area contributed by atoms with Crippen molar-refractivity contribution in [1.29, 1.82) is 0 Å². The van der Waals surface area contributed by atoms with Gasteiger partial charge < -0.3 is 4.74 Å². The van der Waals surface area contributed by atoms with Gasteiger partial charge in [-0.05, 0) is 35.6 Å². The predicted octanol–water partition coefficient (Wildman–Crippen LogP) is 5.51. The highest BCUT2D eigenvalue weighted by molar-refractivity contribution is 6.29. The van der Waals surface area contributed by atoms with E-state index in [1.807, 2.05) is 12.3 Å². The molecule has 1 aliphatic rings. The first kappa shape index (κ1) is 19.1. The number of hydrogen-bond donors (Lipinski definition) is 0. The average molecular weight is 393 g/mol. The van der Waals surface area contributed by atoms with E-state index in [-0.39, 0.29) is 12.2 Å². The molecule has 1 fully saturated rings. The Balaban J connectivity index is 1.38. The maximum Gasteiger partial charge on any atom is 0.129 e. The molecule has 3 nitrogen and oxygen atoms in total. The number of likely N-dealkylation sites (tertiary alicyclic amines) is 1. The lowest BCUT2D eigenvalue weighted by atomic mass is 10.00. The van der Waals surface area contributed by atoms with Gasteiger partial charge >= 0.3 is 0 Å². The normalized spacial score (nSPS) is 15.8. The number of halogens is 1. The summed E-state index contributed by atoms with van der Waals surface area (Å²) in [5.74, 6) is 0. The highest BCUT2D eigenvalue weighted by Crippen LogP contribution is 2.30. The molecular formula is C24H25ClN2O. The minimum Gasteiger partial charge on any atom is -0.365 e. The summed E-state index contributed by atoms with van der Waals surface area (Å²) in [6.07, 6.45) is 4.20. The van der Waals surface area contributed by atoms with Gasteiger partial charge in [0.05, 0.1) is 6.10 Å². The Morgan fingerprint density at radius 1 is 0.893 bits per heavy atom. The Morgan fingerprint density at radius 3 is 2.04 bits per heavy atom. The fraction of sp³-hybridized carbons (Fsp3) is 0.292. The van der Waals surface area contributed by atoms with Crippen LogP contribution in [0.3, 0.4) is 0 Å². The van der Waals surface area contributed by atoms with Crippen LogP contribution in [0.4, 0.5) is 0 Å². The first-order valence-electron chi connectivity index (χ1n) is 9.86. The summed E-state index contributed by atoms with van der Waals surface area (Å²) in [5.41, 5.74) is 3.63. The number of hydrogen-bond acceptors (Lipinski definition) is 3. The summed E-state index contributed by atoms with van der Waals surface area (Å²) in [6.45, 7) is 2.98. The molecule has 0 unspecified atom stereocenters. The first-order chi connectivity index (χ1) is 13.8. The molecule has 3 aromatic rings. The fourth-order valence-electron chi connectivity index (χ4n) is 3.76. The Morgan fingerprint density at radius 2 is 1.50 bits per heavy atom. The van der Waals surface area contributed by atoms with Crippen LogP contribution in [0.25, 0.3) is 0 Å². The van der Waals surface area contributed by atoms with E-state index in [9.17, 15) is 0 Å². The van der Waals surface area contributed by atoms with Crippen molar-refractivity contribution < 1.29 is 4.74 Å². The van der Waals surface area contributed by atoms with E-state index >= 15 is 0 Å². The van der Waals surface area contributed by atoms with Gasteiger partial charge in [-0.2, -0.15) is 0 Å². The quantitative estimate of drug-likeness (QED) is 0.517. The van der Waals surface area contributed by atoms with Crippen LogP contribution in [0.1, 0.15) is 35.6 Å². The number of rotatable bonds is 6. The second-order valence-corrected chi connectivity index (χ2v) is 7.69. The van der Waals surface area contributed by atoms with E-state index in [1.165, 1.54) is 16.7 Å². The molecule has 4 heteroatoms. The number of nitrogens with zero attached hydrogens (tertiary/aromatic N) is 2. The molecule has 1 saturated heterocycles. The second kappa shape index (κ2) is 9.33. The summed E-state index contributed by atoms with van der Waals surface area (Å²) in [5, 5.41) is 0.545. The van der Waals surface area contributed by atoms with Crippen LogP contribution in [0, 0.1) is 0 Å². The van der Waals surface area contributed by atoms with Gasteiger partial charge in [-0.1, -0.05) is 78.3 Å². The van der Waals surface area contributed by atoms with Gasteiger partial charge in [-0.3, -0.25) is 4.90 Å². The lowest BCUT2D eigenvalue weighted by molar-refractivity contribution is -0.0281. The molecular weight excluding hydrogens is 368 g/mol. The number of aromatic nitrogens is 1. The fourth-order valence-corrected chi connectivity index (χ4v) is 3.87. The zero-order valence-corrected chi connectivity index (χ0v) is 16.6. The molecule has 28 heavy (non-hydrogen) atoms. The summed E-state index contributed by atoms with van der Waals surface area (Å²) in [4.78, 5) is 6.64. The zero-order chi connectivity index (χ0) is 19.2. The van der Waals surface area contributed by atoms with Crippen LogP contribution < -0.4 is 0 Å². The van der Waals surface area contributed by atoms with E-state index in [1.54, 1.807) is 0 Å². The van der Waals surface area contributed by atoms with Crippen molar-refractivity contribution in [1.82, 2.24) is 9.88 Å². The molecule has 0 N–H and O–H groups in total. The maximum atomic E-state index is 6.62. The molecule has 0 radical (unpaired) electrons. The van der Waals surface area contributed by atoms with Gasteiger partial charge in [0.1, 0.15) is 11.3 Å². The third-order valence-electron chi connectivity index (χ3n) is 5.26. The van der Waals surface area contributed by atoms with E-state index in [2.05, 4.69) is 76.6 Å². The first-order valence-corrected chi connectivity index (χ1v) is 10.2. The second-order valence-electron chi connectivity index (χ2n) is 7.30. The molecule has 1 aliphatic heterocycles. The molecule has 0 amide bonds. The Labute approximate surface area is 171 Å². The molecule has 2 heterocycles. The topological polar surface area (TPSA) is 25.4 Å². The highest BCUT2D eigenvalue weighted by atomic mass is 35.5. The summed E-state index contributed by atoms with van der Waals surface area (Å²) < 4.78 is 6.62. The molecule has 0 bridgehead atoms. The van der Waals surface area contributed by atoms with Gasteiger partial charge in [0, 0.05) is 25.8 Å². The standard InChI is InChI=1S/C24H25ClN2O/c25-23-12-11-19(17-26-23)18-27-15-13-22(14-16-27)28-24(20-7-3-1-4-8-20)21-9-5-2-6-10-21/h1-12,17,22,24H,13-16,18H2. The molecule has 0 spiro atoms. The SMILES string of the molecule is Clc1ccc(CN2CCC(OC(c3ccccc3)c3ccccc3)CC2)cn1. The molecule has 4 rings (SSSR count). The van der Waals surface area contributed by atoms with Crippen molar-refractivity contribution >= 4 is 11.6 Å². The van der Waals surface area contributed by atoms with Gasteiger partial charge in [0.25, 0.3) is 0 Å². The van der Waals surface area contributed by atoms with Crippen LogP contribution in [0.5, 0.6) is 0 Å². The molecule has 144 valence electrons. The van der Waals surface area contributed by atoms with Gasteiger partial charge in [-0.15, -0.1) is 0 Å². The Bertz CT molecular complexity index is 807. The summed E-state index contributed by atoms with van der Waals surface area (Å²) in [6, 6.07) is 25.0. The molecule has 0 atom stereocenters. The van der Waals surface area contributed by atoms with Crippen LogP contribution in [-0.2, 0) is 11.3 Å². The molecule has 0 saturated carbocycles. The number of benzene rings is 2. The van der Waals surface area contributed by atoms with E-state index < -0.39 is 0 Å². The molecule has 2 aromatic carbocycles. The Kier molecular flexibility index (Phi) is 6.38. The van der Waals surface area contributed by atoms with Crippen LogP contribution in [-0.4, -0.2) is 29.1 Å². The summed E-state index contributed by atoms with van der Waals surface area (Å²) >= 11 is 5.88. The number of pyridine rings is 1. The third kappa shape index (κ3) is 4.99. The van der Waals surface area contributed by atoms with E-state index in [0.29, 0.717) is 5.15 Å². The van der Waals surface area contributed by atoms with Gasteiger partial charge in [-0.25, -0.2) is 4.98 Å². The van der Waals surface area contributed by atoms with Gasteiger partial charge in [0.2, 0.25) is 0 Å². The van der Waals surface area contributed by atoms with Crippen molar-refractivity contribution in [3.8, 4) is 0 Å². The van der Waals surface area contributed by atoms with Crippen LogP contribution in [0.15, 0.2) is 79.0 Å². The number of piperidine rings is 1. The zero-order valence-electron chi connectivity index (χ0n) is 15.9. The van der Waals surface area contributed by atoms with Crippen molar-refractivity contribution in [3.63, 3.8) is 0 Å². The minimum absolute atomic E-state index is 0.0144. The van der Waals surface area contributed by atoms with Crippen molar-refractivity contribution in [2.45, 2.75) is 31.6 Å². The minimum atomic E-state index is -0.0144. The van der Waals surface area contributed by atoms with Crippen LogP contribution >= 0.6 is 11.6 Å². The highest BCUT2D eigenvalue weighted by Gasteiger charge is 2.24. The molecule has 0 aliphatic carbocycles. The average Bonchev–Trinajstić information content (AvgIpc) is 2.76. The van der Waals surface area contributed by atoms with Crippen molar-refractivity contribution in [2.75, 3.05) is 13.1 Å². The predicted molar refractivity (Wildman–Crippen MR) is 113 cm³/mol. The monoisotopic (exact) mass is 392 g/mol. The lowest BCUT2D eigenvalue weighted by Gasteiger charge is -2.34. The maximum absolute atomic E-state index is 6.62. The third-order valence-corrected chi connectivity index (χ3v) is 5.49. The van der Waals surface area contributed by atoms with Crippen LogP contribution in [0.2, 0.25) is 5.15 Å². The lowest BCUT2D eigenvalue weighted by Crippen LogP contribution is -2.37. The van der Waals surface area contributed by atoms with E-state index in [4.69, 9.17) is 16.3 Å². The Hall–Kier alpha value is -2.20. The van der Waals surface area contributed by atoms with E-state index in [0.717, 1.165) is 32.5 Å².